The van der Waals surface area contributed by atoms with Crippen LogP contribution in [0, 0.1) is 6.92 Å². The summed E-state index contributed by atoms with van der Waals surface area (Å²) in [4.78, 5) is 12.0. The first kappa shape index (κ1) is 17.1. The van der Waals surface area contributed by atoms with Crippen molar-refractivity contribution < 1.29 is 19.7 Å². The second-order valence-electron chi connectivity index (χ2n) is 6.55. The number of carbonyl (C=O) groups is 1. The predicted octanol–water partition coefficient (Wildman–Crippen LogP) is 4.95. The van der Waals surface area contributed by atoms with Crippen molar-refractivity contribution in [1.29, 1.82) is 0 Å². The zero-order valence-corrected chi connectivity index (χ0v) is 14.3. The number of amides is 1. The summed E-state index contributed by atoms with van der Waals surface area (Å²) >= 11 is 0. The predicted molar refractivity (Wildman–Crippen MR) is 96.9 cm³/mol. The maximum Gasteiger partial charge on any atom is 0.411 e. The Labute approximate surface area is 147 Å². The number of benzene rings is 2. The highest BCUT2D eigenvalue weighted by Crippen LogP contribution is 2.38. The van der Waals surface area contributed by atoms with Crippen LogP contribution in [0.25, 0.3) is 11.1 Å². The van der Waals surface area contributed by atoms with E-state index in [4.69, 9.17) is 4.74 Å². The fraction of sp³-hybridized carbons (Fsp3) is 0.350. The van der Waals surface area contributed by atoms with Crippen LogP contribution in [0.15, 0.2) is 36.4 Å². The molecule has 0 aromatic heterocycles. The van der Waals surface area contributed by atoms with Crippen LogP contribution in [0.4, 0.5) is 10.5 Å². The molecule has 0 aliphatic heterocycles. The number of aryl methyl sites for hydroxylation is 1. The van der Waals surface area contributed by atoms with Crippen molar-refractivity contribution in [3.8, 4) is 22.6 Å². The van der Waals surface area contributed by atoms with Gasteiger partial charge in [0, 0.05) is 5.69 Å². The minimum absolute atomic E-state index is 0.00877. The zero-order chi connectivity index (χ0) is 17.8. The van der Waals surface area contributed by atoms with Gasteiger partial charge >= 0.3 is 6.09 Å². The van der Waals surface area contributed by atoms with Crippen LogP contribution in [0.3, 0.4) is 0 Å². The first-order valence-electron chi connectivity index (χ1n) is 8.63. The molecule has 0 saturated heterocycles. The highest BCUT2D eigenvalue weighted by atomic mass is 16.6. The lowest BCUT2D eigenvalue weighted by atomic mass is 9.98. The molecule has 25 heavy (non-hydrogen) atoms. The smallest absolute Gasteiger partial charge is 0.411 e. The zero-order valence-electron chi connectivity index (χ0n) is 14.3. The van der Waals surface area contributed by atoms with E-state index in [1.165, 1.54) is 6.42 Å². The third-order valence-corrected chi connectivity index (χ3v) is 4.49. The summed E-state index contributed by atoms with van der Waals surface area (Å²) in [6.07, 6.45) is 4.85. The van der Waals surface area contributed by atoms with E-state index in [0.29, 0.717) is 16.8 Å². The molecule has 1 fully saturated rings. The number of rotatable bonds is 3. The summed E-state index contributed by atoms with van der Waals surface area (Å²) < 4.78 is 5.43. The standard InChI is InChI=1S/C20H23NO4/c1-13-11-17(22)19(18(23)12-13)14-7-9-15(10-8-14)21-20(24)25-16-5-3-2-4-6-16/h7-12,16,22-23H,2-6H2,1H3,(H,21,24). The van der Waals surface area contributed by atoms with E-state index >= 15 is 0 Å². The van der Waals surface area contributed by atoms with Gasteiger partial charge in [0.15, 0.2) is 0 Å². The summed E-state index contributed by atoms with van der Waals surface area (Å²) in [5, 5.41) is 22.9. The second kappa shape index (κ2) is 7.47. The van der Waals surface area contributed by atoms with Crippen molar-refractivity contribution in [1.82, 2.24) is 0 Å². The van der Waals surface area contributed by atoms with Crippen molar-refractivity contribution >= 4 is 11.8 Å². The van der Waals surface area contributed by atoms with Crippen molar-refractivity contribution in [3.63, 3.8) is 0 Å². The van der Waals surface area contributed by atoms with Gasteiger partial charge in [-0.15, -0.1) is 0 Å². The summed E-state index contributed by atoms with van der Waals surface area (Å²) in [6, 6.07) is 10.1. The average Bonchev–Trinajstić information content (AvgIpc) is 2.56. The SMILES string of the molecule is Cc1cc(O)c(-c2ccc(NC(=O)OC3CCCCC3)cc2)c(O)c1. The molecule has 0 radical (unpaired) electrons. The maximum atomic E-state index is 12.0. The van der Waals surface area contributed by atoms with E-state index in [2.05, 4.69) is 5.32 Å². The number of hydrogen-bond donors (Lipinski definition) is 3. The molecule has 5 heteroatoms. The third-order valence-electron chi connectivity index (χ3n) is 4.49. The largest absolute Gasteiger partial charge is 0.507 e. The average molecular weight is 341 g/mol. The van der Waals surface area contributed by atoms with Gasteiger partial charge in [0.1, 0.15) is 17.6 Å². The molecule has 2 aromatic rings. The minimum atomic E-state index is -0.444. The van der Waals surface area contributed by atoms with Crippen LogP contribution in [0.1, 0.15) is 37.7 Å². The highest BCUT2D eigenvalue weighted by Gasteiger charge is 2.18. The molecule has 3 N–H and O–H groups in total. The Balaban J connectivity index is 1.67. The molecule has 3 rings (SSSR count). The van der Waals surface area contributed by atoms with E-state index in [1.807, 2.05) is 0 Å². The van der Waals surface area contributed by atoms with Crippen LogP contribution < -0.4 is 5.32 Å². The summed E-state index contributed by atoms with van der Waals surface area (Å²) in [5.41, 5.74) is 2.43. The van der Waals surface area contributed by atoms with Crippen molar-refractivity contribution in [3.05, 3.63) is 42.0 Å². The number of phenols is 2. The quantitative estimate of drug-likeness (QED) is 0.737. The molecule has 1 aliphatic rings. The molecule has 0 bridgehead atoms. The molecule has 132 valence electrons. The molecule has 0 unspecified atom stereocenters. The number of ether oxygens (including phenoxy) is 1. The van der Waals surface area contributed by atoms with Gasteiger partial charge in [-0.1, -0.05) is 18.6 Å². The molecule has 1 amide bonds. The van der Waals surface area contributed by atoms with Gasteiger partial charge in [-0.25, -0.2) is 4.79 Å². The Bertz CT molecular complexity index is 726. The first-order valence-corrected chi connectivity index (χ1v) is 8.63. The molecular weight excluding hydrogens is 318 g/mol. The molecular formula is C20H23NO4. The van der Waals surface area contributed by atoms with E-state index in [-0.39, 0.29) is 17.6 Å². The summed E-state index contributed by atoms with van der Waals surface area (Å²) in [6.45, 7) is 1.80. The molecule has 1 aliphatic carbocycles. The summed E-state index contributed by atoms with van der Waals surface area (Å²) in [5.74, 6) is 0.0461. The van der Waals surface area contributed by atoms with E-state index < -0.39 is 6.09 Å². The highest BCUT2D eigenvalue weighted by molar-refractivity contribution is 5.86. The molecule has 0 heterocycles. The van der Waals surface area contributed by atoms with Crippen molar-refractivity contribution in [2.75, 3.05) is 5.32 Å². The Morgan fingerprint density at radius 1 is 1.04 bits per heavy atom. The Hall–Kier alpha value is -2.69. The van der Waals surface area contributed by atoms with Gasteiger partial charge in [0.05, 0.1) is 5.56 Å². The monoisotopic (exact) mass is 341 g/mol. The summed E-state index contributed by atoms with van der Waals surface area (Å²) in [7, 11) is 0. The van der Waals surface area contributed by atoms with Crippen LogP contribution in [0.2, 0.25) is 0 Å². The number of nitrogens with one attached hydrogen (secondary N) is 1. The Morgan fingerprint density at radius 3 is 2.24 bits per heavy atom. The number of anilines is 1. The number of aromatic hydroxyl groups is 2. The number of carbonyl (C=O) groups excluding carboxylic acids is 1. The van der Waals surface area contributed by atoms with Crippen molar-refractivity contribution in [2.45, 2.75) is 45.1 Å². The molecule has 1 saturated carbocycles. The topological polar surface area (TPSA) is 78.8 Å². The lowest BCUT2D eigenvalue weighted by Crippen LogP contribution is -2.24. The Morgan fingerprint density at radius 2 is 1.64 bits per heavy atom. The minimum Gasteiger partial charge on any atom is -0.507 e. The maximum absolute atomic E-state index is 12.0. The van der Waals surface area contributed by atoms with E-state index in [1.54, 1.807) is 43.3 Å². The van der Waals surface area contributed by atoms with Gasteiger partial charge in [0.25, 0.3) is 0 Å². The van der Waals surface area contributed by atoms with E-state index in [9.17, 15) is 15.0 Å². The molecule has 0 spiro atoms. The van der Waals surface area contributed by atoms with E-state index in [0.717, 1.165) is 31.2 Å². The van der Waals surface area contributed by atoms with Crippen LogP contribution >= 0.6 is 0 Å². The van der Waals surface area contributed by atoms with Gasteiger partial charge in [-0.05, 0) is 68.0 Å². The third kappa shape index (κ3) is 4.24. The van der Waals surface area contributed by atoms with Gasteiger partial charge < -0.3 is 14.9 Å². The van der Waals surface area contributed by atoms with Gasteiger partial charge in [0.2, 0.25) is 0 Å². The number of hydrogen-bond acceptors (Lipinski definition) is 4. The van der Waals surface area contributed by atoms with Crippen LogP contribution in [0.5, 0.6) is 11.5 Å². The fourth-order valence-corrected chi connectivity index (χ4v) is 3.25. The second-order valence-corrected chi connectivity index (χ2v) is 6.55. The van der Waals surface area contributed by atoms with Gasteiger partial charge in [-0.2, -0.15) is 0 Å². The Kier molecular flexibility index (Phi) is 5.12. The molecule has 5 nitrogen and oxygen atoms in total. The first-order chi connectivity index (χ1) is 12.0. The lowest BCUT2D eigenvalue weighted by Gasteiger charge is -2.21. The number of phenolic OH excluding ortho intramolecular Hbond substituents is 2. The van der Waals surface area contributed by atoms with Gasteiger partial charge in [-0.3, -0.25) is 5.32 Å². The van der Waals surface area contributed by atoms with Crippen molar-refractivity contribution in [2.24, 2.45) is 0 Å². The molecule has 2 aromatic carbocycles. The lowest BCUT2D eigenvalue weighted by molar-refractivity contribution is 0.0865. The normalized spacial score (nSPS) is 14.9. The van der Waals surface area contributed by atoms with Crippen LogP contribution in [-0.2, 0) is 4.74 Å². The fourth-order valence-electron chi connectivity index (χ4n) is 3.25. The molecule has 0 atom stereocenters. The van der Waals surface area contributed by atoms with Crippen LogP contribution in [-0.4, -0.2) is 22.4 Å².